The van der Waals surface area contributed by atoms with E-state index in [0.29, 0.717) is 12.0 Å². The monoisotopic (exact) mass is 411 g/mol. The van der Waals surface area contributed by atoms with Gasteiger partial charge in [-0.1, -0.05) is 18.6 Å². The molecule has 30 heavy (non-hydrogen) atoms. The van der Waals surface area contributed by atoms with E-state index in [4.69, 9.17) is 0 Å². The van der Waals surface area contributed by atoms with Gasteiger partial charge in [-0.15, -0.1) is 0 Å². The second-order valence-corrected chi connectivity index (χ2v) is 8.89. The average Bonchev–Trinajstić information content (AvgIpc) is 2.74. The van der Waals surface area contributed by atoms with Gasteiger partial charge in [0.05, 0.1) is 36.1 Å². The molecule has 7 nitrogen and oxygen atoms in total. The lowest BCUT2D eigenvalue weighted by Gasteiger charge is -2.47. The molecule has 1 aliphatic carbocycles. The number of aryl methyl sites for hydroxylation is 1. The summed E-state index contributed by atoms with van der Waals surface area (Å²) in [4.78, 5) is 14.9. The van der Waals surface area contributed by atoms with Crippen LogP contribution < -0.4 is 10.6 Å². The zero-order chi connectivity index (χ0) is 21.1. The molecule has 0 spiro atoms. The van der Waals surface area contributed by atoms with Crippen molar-refractivity contribution < 1.29 is 9.90 Å². The molecule has 2 aliphatic rings. The summed E-state index contributed by atoms with van der Waals surface area (Å²) in [5.74, 6) is 0.476. The fourth-order valence-corrected chi connectivity index (χ4v) is 4.85. The van der Waals surface area contributed by atoms with Gasteiger partial charge in [0.1, 0.15) is 0 Å². The second kappa shape index (κ2) is 9.27. The van der Waals surface area contributed by atoms with Gasteiger partial charge < -0.3 is 15.7 Å². The van der Waals surface area contributed by atoms with E-state index in [1.807, 2.05) is 19.1 Å². The number of aromatic nitrogens is 2. The van der Waals surface area contributed by atoms with Crippen LogP contribution in [0.1, 0.15) is 44.6 Å². The fourth-order valence-electron chi connectivity index (χ4n) is 4.85. The van der Waals surface area contributed by atoms with Crippen LogP contribution in [0.5, 0.6) is 0 Å². The van der Waals surface area contributed by atoms with E-state index >= 15 is 0 Å². The lowest BCUT2D eigenvalue weighted by Crippen LogP contribution is -2.63. The number of amides is 1. The van der Waals surface area contributed by atoms with Crippen LogP contribution in [0.2, 0.25) is 0 Å². The third-order valence-corrected chi connectivity index (χ3v) is 6.73. The second-order valence-electron chi connectivity index (χ2n) is 8.89. The van der Waals surface area contributed by atoms with Gasteiger partial charge in [0.15, 0.2) is 0 Å². The number of aliphatic hydroxyl groups excluding tert-OH is 1. The minimum Gasteiger partial charge on any atom is -0.393 e. The summed E-state index contributed by atoms with van der Waals surface area (Å²) in [5.41, 5.74) is 2.80. The predicted octanol–water partition coefficient (Wildman–Crippen LogP) is 2.48. The van der Waals surface area contributed by atoms with Crippen molar-refractivity contribution >= 4 is 22.5 Å². The molecular weight excluding hydrogens is 378 g/mol. The highest BCUT2D eigenvalue weighted by molar-refractivity contribution is 5.92. The molecule has 1 aromatic heterocycles. The lowest BCUT2D eigenvalue weighted by atomic mass is 9.80. The van der Waals surface area contributed by atoms with Gasteiger partial charge in [-0.25, -0.2) is 0 Å². The topological polar surface area (TPSA) is 90.4 Å². The molecule has 4 rings (SSSR count). The first-order chi connectivity index (χ1) is 14.5. The zero-order valence-electron chi connectivity index (χ0n) is 18.0. The standard InChI is InChI=1S/C23H33N5O2/c1-3-22(29)16-5-7-18(8-6-16)28-13-17(14-28)26-23(30)12-24-21-11-25-27-20-9-4-15(2)10-19(20)21/h4,9-11,16-18,22,29H,3,5-8,12-14H2,1-2H3,(H,24,27)(H,26,30). The molecule has 1 saturated heterocycles. The molecule has 7 heteroatoms. The first-order valence-corrected chi connectivity index (χ1v) is 11.2. The molecule has 1 aliphatic heterocycles. The maximum atomic E-state index is 12.4. The smallest absolute Gasteiger partial charge is 0.239 e. The SMILES string of the molecule is CCC(O)C1CCC(N2CC(NC(=O)CNc3cnnc4ccc(C)cc34)C2)CC1. The Bertz CT molecular complexity index is 875. The fraction of sp³-hybridized carbons (Fsp3) is 0.609. The van der Waals surface area contributed by atoms with Crippen molar-refractivity contribution in [3.8, 4) is 0 Å². The third kappa shape index (κ3) is 4.73. The number of nitrogens with zero attached hydrogens (tertiary/aromatic N) is 3. The summed E-state index contributed by atoms with van der Waals surface area (Å²) < 4.78 is 0. The highest BCUT2D eigenvalue weighted by Crippen LogP contribution is 2.32. The number of rotatable bonds is 7. The van der Waals surface area contributed by atoms with E-state index in [9.17, 15) is 9.90 Å². The average molecular weight is 412 g/mol. The summed E-state index contributed by atoms with van der Waals surface area (Å²) in [7, 11) is 0. The Labute approximate surface area is 178 Å². The number of carbonyl (C=O) groups is 1. The minimum absolute atomic E-state index is 0.00652. The van der Waals surface area contributed by atoms with Gasteiger partial charge >= 0.3 is 0 Å². The number of anilines is 1. The van der Waals surface area contributed by atoms with Crippen LogP contribution in [-0.4, -0.2) is 63.9 Å². The predicted molar refractivity (Wildman–Crippen MR) is 118 cm³/mol. The van der Waals surface area contributed by atoms with Crippen LogP contribution >= 0.6 is 0 Å². The van der Waals surface area contributed by atoms with Gasteiger partial charge in [-0.05, 0) is 57.1 Å². The van der Waals surface area contributed by atoms with E-state index in [0.717, 1.165) is 67.3 Å². The van der Waals surface area contributed by atoms with Gasteiger partial charge in [0.25, 0.3) is 0 Å². The number of hydrogen-bond acceptors (Lipinski definition) is 6. The summed E-state index contributed by atoms with van der Waals surface area (Å²) in [6.07, 6.45) is 6.93. The van der Waals surface area contributed by atoms with Crippen molar-refractivity contribution in [3.63, 3.8) is 0 Å². The quantitative estimate of drug-likeness (QED) is 0.649. The van der Waals surface area contributed by atoms with Gasteiger partial charge in [0.2, 0.25) is 5.91 Å². The first kappa shape index (κ1) is 21.0. The Morgan fingerprint density at radius 1 is 1.27 bits per heavy atom. The van der Waals surface area contributed by atoms with Crippen molar-refractivity contribution in [2.45, 2.75) is 64.1 Å². The number of benzene rings is 1. The number of hydrogen-bond donors (Lipinski definition) is 3. The van der Waals surface area contributed by atoms with Crippen LogP contribution in [-0.2, 0) is 4.79 Å². The van der Waals surface area contributed by atoms with Crippen molar-refractivity contribution in [2.24, 2.45) is 5.92 Å². The molecular formula is C23H33N5O2. The molecule has 2 aromatic rings. The largest absolute Gasteiger partial charge is 0.393 e. The van der Waals surface area contributed by atoms with Gasteiger partial charge in [0, 0.05) is 24.5 Å². The van der Waals surface area contributed by atoms with Gasteiger partial charge in [-0.2, -0.15) is 10.2 Å². The van der Waals surface area contributed by atoms with Crippen molar-refractivity contribution in [1.29, 1.82) is 0 Å². The van der Waals surface area contributed by atoms with E-state index in [2.05, 4.69) is 38.7 Å². The molecule has 1 saturated carbocycles. The molecule has 0 radical (unpaired) electrons. The van der Waals surface area contributed by atoms with Crippen LogP contribution in [0, 0.1) is 12.8 Å². The molecule has 1 atom stereocenters. The number of carbonyl (C=O) groups excluding carboxylic acids is 1. The molecule has 2 heterocycles. The van der Waals surface area contributed by atoms with Crippen LogP contribution in [0.15, 0.2) is 24.4 Å². The number of aliphatic hydroxyl groups is 1. The molecule has 0 bridgehead atoms. The lowest BCUT2D eigenvalue weighted by molar-refractivity contribution is -0.121. The maximum Gasteiger partial charge on any atom is 0.239 e. The number of nitrogens with one attached hydrogen (secondary N) is 2. The summed E-state index contributed by atoms with van der Waals surface area (Å²) in [6.45, 7) is 6.18. The molecule has 3 N–H and O–H groups in total. The van der Waals surface area contributed by atoms with Gasteiger partial charge in [-0.3, -0.25) is 9.69 Å². The summed E-state index contributed by atoms with van der Waals surface area (Å²) in [5, 5.41) is 25.5. The summed E-state index contributed by atoms with van der Waals surface area (Å²) in [6, 6.07) is 6.85. The number of fused-ring (bicyclic) bond motifs is 1. The molecule has 1 aromatic carbocycles. The van der Waals surface area contributed by atoms with E-state index in [1.54, 1.807) is 6.20 Å². The Morgan fingerprint density at radius 2 is 2.03 bits per heavy atom. The molecule has 2 fully saturated rings. The van der Waals surface area contributed by atoms with E-state index in [1.165, 1.54) is 0 Å². The summed E-state index contributed by atoms with van der Waals surface area (Å²) >= 11 is 0. The van der Waals surface area contributed by atoms with Crippen molar-refractivity contribution in [2.75, 3.05) is 25.0 Å². The third-order valence-electron chi connectivity index (χ3n) is 6.73. The molecule has 1 unspecified atom stereocenters. The highest BCUT2D eigenvalue weighted by Gasteiger charge is 2.36. The first-order valence-electron chi connectivity index (χ1n) is 11.2. The zero-order valence-corrected chi connectivity index (χ0v) is 18.0. The van der Waals surface area contributed by atoms with Crippen LogP contribution in [0.25, 0.3) is 10.9 Å². The number of likely N-dealkylation sites (tertiary alicyclic amines) is 1. The Balaban J connectivity index is 1.20. The van der Waals surface area contributed by atoms with Crippen LogP contribution in [0.4, 0.5) is 5.69 Å². The molecule has 162 valence electrons. The maximum absolute atomic E-state index is 12.4. The molecule has 1 amide bonds. The Kier molecular flexibility index (Phi) is 6.49. The normalized spacial score (nSPS) is 23.7. The highest BCUT2D eigenvalue weighted by atomic mass is 16.3. The van der Waals surface area contributed by atoms with Crippen LogP contribution in [0.3, 0.4) is 0 Å². The Hall–Kier alpha value is -2.25. The van der Waals surface area contributed by atoms with E-state index < -0.39 is 0 Å². The van der Waals surface area contributed by atoms with Crippen molar-refractivity contribution in [1.82, 2.24) is 20.4 Å². The van der Waals surface area contributed by atoms with E-state index in [-0.39, 0.29) is 24.6 Å². The Morgan fingerprint density at radius 3 is 2.77 bits per heavy atom. The van der Waals surface area contributed by atoms with Crippen molar-refractivity contribution in [3.05, 3.63) is 30.0 Å². The minimum atomic E-state index is -0.140.